The van der Waals surface area contributed by atoms with E-state index in [1.165, 1.54) is 24.3 Å². The molecule has 0 aliphatic heterocycles. The van der Waals surface area contributed by atoms with Crippen LogP contribution < -0.4 is 4.74 Å². The van der Waals surface area contributed by atoms with E-state index >= 15 is 0 Å². The number of benzene rings is 2. The molecule has 0 amide bonds. The van der Waals surface area contributed by atoms with Crippen LogP contribution >= 0.6 is 23.2 Å². The van der Waals surface area contributed by atoms with Crippen molar-refractivity contribution in [3.05, 3.63) is 63.4 Å². The molecule has 1 atom stereocenters. The Hall–Kier alpha value is -1.87. The van der Waals surface area contributed by atoms with Crippen LogP contribution in [0.15, 0.2) is 36.4 Å². The molecule has 0 saturated carbocycles. The van der Waals surface area contributed by atoms with E-state index < -0.39 is 34.1 Å². The van der Waals surface area contributed by atoms with Crippen LogP contribution in [0.25, 0.3) is 0 Å². The van der Waals surface area contributed by atoms with Crippen LogP contribution in [0.3, 0.4) is 0 Å². The van der Waals surface area contributed by atoms with E-state index in [0.717, 1.165) is 7.11 Å². The van der Waals surface area contributed by atoms with Crippen LogP contribution in [-0.2, 0) is 32.4 Å². The number of hydrogen-bond donors (Lipinski definition) is 1. The highest BCUT2D eigenvalue weighted by Crippen LogP contribution is 2.32. The van der Waals surface area contributed by atoms with Gasteiger partial charge in [0.1, 0.15) is 18.2 Å². The van der Waals surface area contributed by atoms with Crippen LogP contribution in [0, 0.1) is 5.82 Å². The second-order valence-electron chi connectivity index (χ2n) is 6.58. The zero-order valence-corrected chi connectivity index (χ0v) is 18.4. The van der Waals surface area contributed by atoms with E-state index in [0.29, 0.717) is 21.9 Å². The number of carbonyl (C=O) groups excluding carboxylic acids is 1. The second kappa shape index (κ2) is 10.9. The van der Waals surface area contributed by atoms with Crippen molar-refractivity contribution in [3.63, 3.8) is 0 Å². The zero-order chi connectivity index (χ0) is 22.3. The lowest BCUT2D eigenvalue weighted by molar-refractivity contribution is -0.142. The molecule has 0 heterocycles. The molecule has 164 valence electrons. The van der Waals surface area contributed by atoms with Crippen molar-refractivity contribution in [2.45, 2.75) is 25.6 Å². The maximum Gasteiger partial charge on any atom is 0.308 e. The van der Waals surface area contributed by atoms with Crippen LogP contribution in [0.5, 0.6) is 5.75 Å². The van der Waals surface area contributed by atoms with E-state index in [9.17, 15) is 22.7 Å². The van der Waals surface area contributed by atoms with Gasteiger partial charge in [-0.15, -0.1) is 0 Å². The minimum atomic E-state index is -3.69. The summed E-state index contributed by atoms with van der Waals surface area (Å²) in [4.78, 5) is 11.2. The Morgan fingerprint density at radius 3 is 2.50 bits per heavy atom. The Bertz CT molecular complexity index is 980. The first-order valence-corrected chi connectivity index (χ1v) is 11.5. The Labute approximate surface area is 184 Å². The molecule has 2 rings (SSSR count). The van der Waals surface area contributed by atoms with Gasteiger partial charge in [-0.2, -0.15) is 0 Å². The van der Waals surface area contributed by atoms with Gasteiger partial charge in [-0.3, -0.25) is 4.79 Å². The van der Waals surface area contributed by atoms with Gasteiger partial charge >= 0.3 is 5.97 Å². The summed E-state index contributed by atoms with van der Waals surface area (Å²) in [6.07, 6.45) is -1.76. The molecule has 0 aliphatic rings. The fourth-order valence-corrected chi connectivity index (χ4v) is 4.62. The molecule has 0 spiro atoms. The number of esters is 1. The zero-order valence-electron chi connectivity index (χ0n) is 16.1. The van der Waals surface area contributed by atoms with Crippen LogP contribution in [-0.4, -0.2) is 44.2 Å². The highest BCUT2D eigenvalue weighted by atomic mass is 35.5. The van der Waals surface area contributed by atoms with E-state index in [1.807, 2.05) is 0 Å². The Balaban J connectivity index is 2.08. The molecule has 0 aliphatic carbocycles. The number of aliphatic hydroxyl groups excluding tert-OH is 1. The van der Waals surface area contributed by atoms with Crippen molar-refractivity contribution in [1.29, 1.82) is 0 Å². The molecule has 6 nitrogen and oxygen atoms in total. The largest absolute Gasteiger partial charge is 0.489 e. The minimum Gasteiger partial charge on any atom is -0.489 e. The summed E-state index contributed by atoms with van der Waals surface area (Å²) in [6, 6.07) is 8.73. The normalized spacial score (nSPS) is 12.4. The van der Waals surface area contributed by atoms with Crippen molar-refractivity contribution in [1.82, 2.24) is 0 Å². The van der Waals surface area contributed by atoms with Crippen LogP contribution in [0.1, 0.15) is 17.5 Å². The number of ether oxygens (including phenoxy) is 2. The quantitative estimate of drug-likeness (QED) is 0.524. The van der Waals surface area contributed by atoms with Crippen molar-refractivity contribution in [2.24, 2.45) is 0 Å². The lowest BCUT2D eigenvalue weighted by Gasteiger charge is -2.15. The SMILES string of the molecule is COC(=O)CC(O)CS(=O)(=O)CCc1c(Cl)cc(Cl)cc1OCc1ccc(F)cc1. The molecule has 10 heteroatoms. The van der Waals surface area contributed by atoms with Gasteiger partial charge < -0.3 is 14.6 Å². The second-order valence-corrected chi connectivity index (χ2v) is 9.65. The van der Waals surface area contributed by atoms with Gasteiger partial charge in [0.15, 0.2) is 9.84 Å². The molecular formula is C20H21Cl2FO6S. The van der Waals surface area contributed by atoms with Gasteiger partial charge in [-0.1, -0.05) is 35.3 Å². The van der Waals surface area contributed by atoms with E-state index in [-0.39, 0.29) is 29.6 Å². The van der Waals surface area contributed by atoms with E-state index in [2.05, 4.69) is 4.74 Å². The van der Waals surface area contributed by atoms with E-state index in [4.69, 9.17) is 27.9 Å². The fourth-order valence-electron chi connectivity index (χ4n) is 2.66. The summed E-state index contributed by atoms with van der Waals surface area (Å²) in [7, 11) is -2.54. The van der Waals surface area contributed by atoms with Crippen LogP contribution in [0.2, 0.25) is 10.0 Å². The number of hydrogen-bond acceptors (Lipinski definition) is 6. The standard InChI is InChI=1S/C20H21Cl2FO6S/c1-28-20(25)10-16(24)12-30(26,27)7-6-17-18(22)8-14(21)9-19(17)29-11-13-2-4-15(23)5-3-13/h2-5,8-9,16,24H,6-7,10-12H2,1H3. The first-order valence-electron chi connectivity index (χ1n) is 8.90. The molecule has 2 aromatic carbocycles. The van der Waals surface area contributed by atoms with Crippen LogP contribution in [0.4, 0.5) is 4.39 Å². The Morgan fingerprint density at radius 2 is 1.87 bits per heavy atom. The predicted octanol–water partition coefficient (Wildman–Crippen LogP) is 3.59. The highest BCUT2D eigenvalue weighted by molar-refractivity contribution is 7.91. The van der Waals surface area contributed by atoms with Gasteiger partial charge in [-0.25, -0.2) is 12.8 Å². The lowest BCUT2D eigenvalue weighted by atomic mass is 10.1. The first kappa shape index (κ1) is 24.4. The van der Waals surface area contributed by atoms with Gasteiger partial charge in [0, 0.05) is 15.6 Å². The molecule has 0 aromatic heterocycles. The maximum absolute atomic E-state index is 13.0. The van der Waals surface area contributed by atoms with Crippen molar-refractivity contribution in [3.8, 4) is 5.75 Å². The number of aliphatic hydroxyl groups is 1. The summed E-state index contributed by atoms with van der Waals surface area (Å²) >= 11 is 12.3. The summed E-state index contributed by atoms with van der Waals surface area (Å²) in [5.41, 5.74) is 1.14. The van der Waals surface area contributed by atoms with Gasteiger partial charge in [0.25, 0.3) is 0 Å². The first-order chi connectivity index (χ1) is 14.1. The third-order valence-electron chi connectivity index (χ3n) is 4.17. The number of methoxy groups -OCH3 is 1. The molecule has 0 bridgehead atoms. The molecular weight excluding hydrogens is 458 g/mol. The third kappa shape index (κ3) is 7.75. The molecule has 1 N–H and O–H groups in total. The lowest BCUT2D eigenvalue weighted by Crippen LogP contribution is -2.26. The maximum atomic E-state index is 13.0. The fraction of sp³-hybridized carbons (Fsp3) is 0.350. The minimum absolute atomic E-state index is 0.0159. The number of halogens is 3. The summed E-state index contributed by atoms with van der Waals surface area (Å²) < 4.78 is 47.8. The average Bonchev–Trinajstić information content (AvgIpc) is 2.65. The number of rotatable bonds is 10. The van der Waals surface area contributed by atoms with Gasteiger partial charge in [0.05, 0.1) is 31.1 Å². The third-order valence-corrected chi connectivity index (χ3v) is 6.44. The average molecular weight is 479 g/mol. The Morgan fingerprint density at radius 1 is 1.20 bits per heavy atom. The summed E-state index contributed by atoms with van der Waals surface area (Å²) in [5, 5.41) is 10.3. The molecule has 2 aromatic rings. The van der Waals surface area contributed by atoms with Crippen molar-refractivity contribution < 1.29 is 32.2 Å². The van der Waals surface area contributed by atoms with Gasteiger partial charge in [-0.05, 0) is 36.2 Å². The molecule has 0 saturated heterocycles. The van der Waals surface area contributed by atoms with Crippen molar-refractivity contribution in [2.75, 3.05) is 18.6 Å². The molecule has 1 unspecified atom stereocenters. The summed E-state index contributed by atoms with van der Waals surface area (Å²) in [6.45, 7) is 0.106. The molecule has 30 heavy (non-hydrogen) atoms. The molecule has 0 fully saturated rings. The molecule has 0 radical (unpaired) electrons. The topological polar surface area (TPSA) is 89.9 Å². The van der Waals surface area contributed by atoms with Gasteiger partial charge in [0.2, 0.25) is 0 Å². The van der Waals surface area contributed by atoms with Crippen molar-refractivity contribution >= 4 is 39.0 Å². The monoisotopic (exact) mass is 478 g/mol. The summed E-state index contributed by atoms with van der Waals surface area (Å²) in [5.74, 6) is -1.67. The van der Waals surface area contributed by atoms with E-state index in [1.54, 1.807) is 12.1 Å². The smallest absolute Gasteiger partial charge is 0.308 e. The number of carbonyl (C=O) groups is 1. The Kier molecular flexibility index (Phi) is 8.91. The predicted molar refractivity (Wildman–Crippen MR) is 112 cm³/mol. The number of sulfone groups is 1. The highest BCUT2D eigenvalue weighted by Gasteiger charge is 2.22.